The highest BCUT2D eigenvalue weighted by Crippen LogP contribution is 2.22. The lowest BCUT2D eigenvalue weighted by atomic mass is 10.1. The van der Waals surface area contributed by atoms with Gasteiger partial charge in [0.25, 0.3) is 0 Å². The second-order valence-corrected chi connectivity index (χ2v) is 3.79. The molecule has 0 aromatic heterocycles. The molecule has 2 N–H and O–H groups in total. The summed E-state index contributed by atoms with van der Waals surface area (Å²) < 4.78 is 0. The van der Waals surface area contributed by atoms with Crippen molar-refractivity contribution in [2.45, 2.75) is 0 Å². The second-order valence-electron chi connectivity index (χ2n) is 2.92. The van der Waals surface area contributed by atoms with Crippen LogP contribution in [0.2, 0.25) is 10.0 Å². The summed E-state index contributed by atoms with van der Waals surface area (Å²) in [6.45, 7) is 0. The summed E-state index contributed by atoms with van der Waals surface area (Å²) in [5.74, 6) is 0. The number of carboxylic acid groups (broad SMARTS) is 2. The van der Waals surface area contributed by atoms with Gasteiger partial charge in [0, 0.05) is 10.0 Å². The fraction of sp³-hybridized carbons (Fsp3) is 0. The molecule has 2 aromatic rings. The van der Waals surface area contributed by atoms with E-state index in [4.69, 9.17) is 38.2 Å². The van der Waals surface area contributed by atoms with Gasteiger partial charge in [0.05, 0.1) is 0 Å². The van der Waals surface area contributed by atoms with Gasteiger partial charge in [-0.1, -0.05) is 35.3 Å². The molecule has 0 aliphatic rings. The fourth-order valence-corrected chi connectivity index (χ4v) is 1.55. The number of carbonyl (C=O) groups is 1. The lowest BCUT2D eigenvalue weighted by molar-refractivity contribution is 0.137. The average molecular weight is 259 g/mol. The first kappa shape index (κ1) is 12.6. The standard InChI is InChI=1S/C10H6Cl2.CH2O3/c11-9-3-1-7-5-10(12)4-2-8(7)6-9;2-1(3)4/h1-6H;(H2,2,3,4). The molecule has 2 rings (SSSR count). The van der Waals surface area contributed by atoms with Crippen molar-refractivity contribution in [1.82, 2.24) is 0 Å². The predicted octanol–water partition coefficient (Wildman–Crippen LogP) is 4.37. The molecule has 0 saturated heterocycles. The molecule has 5 heteroatoms. The van der Waals surface area contributed by atoms with Gasteiger partial charge >= 0.3 is 6.16 Å². The monoisotopic (exact) mass is 258 g/mol. The minimum absolute atomic E-state index is 0.754. The van der Waals surface area contributed by atoms with E-state index in [2.05, 4.69) is 0 Å². The number of rotatable bonds is 0. The first-order chi connectivity index (χ1) is 7.49. The van der Waals surface area contributed by atoms with E-state index in [1.54, 1.807) is 0 Å². The first-order valence-corrected chi connectivity index (χ1v) is 5.01. The van der Waals surface area contributed by atoms with Gasteiger partial charge in [-0.05, 0) is 35.0 Å². The zero-order chi connectivity index (χ0) is 12.1. The Balaban J connectivity index is 0.000000280. The Bertz CT molecular complexity index is 466. The van der Waals surface area contributed by atoms with Crippen molar-refractivity contribution in [2.24, 2.45) is 0 Å². The Morgan fingerprint density at radius 1 is 0.875 bits per heavy atom. The fourth-order valence-electron chi connectivity index (χ4n) is 1.19. The van der Waals surface area contributed by atoms with Gasteiger partial charge < -0.3 is 10.2 Å². The molecule has 16 heavy (non-hydrogen) atoms. The van der Waals surface area contributed by atoms with Crippen LogP contribution in [0.4, 0.5) is 4.79 Å². The molecule has 84 valence electrons. The van der Waals surface area contributed by atoms with E-state index in [1.807, 2.05) is 36.4 Å². The van der Waals surface area contributed by atoms with Crippen LogP contribution in [0, 0.1) is 0 Å². The van der Waals surface area contributed by atoms with E-state index in [-0.39, 0.29) is 0 Å². The summed E-state index contributed by atoms with van der Waals surface area (Å²) in [6.07, 6.45) is -1.83. The van der Waals surface area contributed by atoms with E-state index in [1.165, 1.54) is 0 Å². The van der Waals surface area contributed by atoms with Crippen LogP contribution in [0.15, 0.2) is 36.4 Å². The largest absolute Gasteiger partial charge is 0.503 e. The van der Waals surface area contributed by atoms with Crippen LogP contribution < -0.4 is 0 Å². The van der Waals surface area contributed by atoms with Crippen molar-refractivity contribution in [3.63, 3.8) is 0 Å². The number of hydrogen-bond acceptors (Lipinski definition) is 1. The highest BCUT2D eigenvalue weighted by atomic mass is 35.5. The molecule has 0 amide bonds. The molecule has 0 aliphatic heterocycles. The zero-order valence-corrected chi connectivity index (χ0v) is 9.53. The Labute approximate surface area is 102 Å². The lowest BCUT2D eigenvalue weighted by Gasteiger charge is -1.97. The summed E-state index contributed by atoms with van der Waals surface area (Å²) in [4.78, 5) is 8.56. The Morgan fingerprint density at radius 2 is 1.19 bits per heavy atom. The normalized spacial score (nSPS) is 9.38. The van der Waals surface area contributed by atoms with E-state index in [0.717, 1.165) is 20.8 Å². The quantitative estimate of drug-likeness (QED) is 0.738. The molecule has 0 saturated carbocycles. The topological polar surface area (TPSA) is 57.5 Å². The van der Waals surface area contributed by atoms with Crippen LogP contribution in [0.1, 0.15) is 0 Å². The number of fused-ring (bicyclic) bond motifs is 1. The molecular weight excluding hydrogens is 251 g/mol. The molecule has 3 nitrogen and oxygen atoms in total. The van der Waals surface area contributed by atoms with Gasteiger partial charge in [-0.15, -0.1) is 0 Å². The summed E-state index contributed by atoms with van der Waals surface area (Å²) in [7, 11) is 0. The van der Waals surface area contributed by atoms with Gasteiger partial charge in [0.15, 0.2) is 0 Å². The summed E-state index contributed by atoms with van der Waals surface area (Å²) in [6, 6.07) is 11.5. The summed E-state index contributed by atoms with van der Waals surface area (Å²) in [5.41, 5.74) is 0. The highest BCUT2D eigenvalue weighted by molar-refractivity contribution is 6.32. The van der Waals surface area contributed by atoms with Crippen molar-refractivity contribution < 1.29 is 15.0 Å². The maximum absolute atomic E-state index is 8.56. The van der Waals surface area contributed by atoms with Crippen molar-refractivity contribution in [2.75, 3.05) is 0 Å². The summed E-state index contributed by atoms with van der Waals surface area (Å²) >= 11 is 11.7. The van der Waals surface area contributed by atoms with Crippen LogP contribution >= 0.6 is 23.2 Å². The molecule has 2 aromatic carbocycles. The lowest BCUT2D eigenvalue weighted by Crippen LogP contribution is -1.81. The van der Waals surface area contributed by atoms with Crippen LogP contribution in [0.5, 0.6) is 0 Å². The predicted molar refractivity (Wildman–Crippen MR) is 64.6 cm³/mol. The van der Waals surface area contributed by atoms with E-state index in [9.17, 15) is 0 Å². The zero-order valence-electron chi connectivity index (χ0n) is 8.02. The SMILES string of the molecule is Clc1ccc2cc(Cl)ccc2c1.O=C(O)O. The molecule has 0 heterocycles. The highest BCUT2D eigenvalue weighted by Gasteiger charge is 1.94. The Kier molecular flexibility index (Phi) is 4.40. The third-order valence-electron chi connectivity index (χ3n) is 1.76. The smallest absolute Gasteiger partial charge is 0.450 e. The Morgan fingerprint density at radius 3 is 1.50 bits per heavy atom. The number of benzene rings is 2. The van der Waals surface area contributed by atoms with Gasteiger partial charge in [-0.2, -0.15) is 0 Å². The summed E-state index contributed by atoms with van der Waals surface area (Å²) in [5, 5.41) is 17.7. The third-order valence-corrected chi connectivity index (χ3v) is 2.23. The van der Waals surface area contributed by atoms with Crippen molar-refractivity contribution in [3.8, 4) is 0 Å². The third kappa shape index (κ3) is 3.96. The van der Waals surface area contributed by atoms with Crippen molar-refractivity contribution >= 4 is 40.1 Å². The maximum atomic E-state index is 8.56. The van der Waals surface area contributed by atoms with E-state index < -0.39 is 6.16 Å². The first-order valence-electron chi connectivity index (χ1n) is 4.26. The van der Waals surface area contributed by atoms with E-state index >= 15 is 0 Å². The second kappa shape index (κ2) is 5.58. The Hall–Kier alpha value is -1.45. The number of halogens is 2. The average Bonchev–Trinajstić information content (AvgIpc) is 2.17. The van der Waals surface area contributed by atoms with Crippen molar-refractivity contribution in [1.29, 1.82) is 0 Å². The molecule has 0 radical (unpaired) electrons. The molecule has 0 aliphatic carbocycles. The van der Waals surface area contributed by atoms with Gasteiger partial charge in [0.2, 0.25) is 0 Å². The van der Waals surface area contributed by atoms with Gasteiger partial charge in [-0.25, -0.2) is 4.79 Å². The van der Waals surface area contributed by atoms with Crippen LogP contribution in [0.25, 0.3) is 10.8 Å². The van der Waals surface area contributed by atoms with Crippen molar-refractivity contribution in [3.05, 3.63) is 46.4 Å². The molecule has 0 atom stereocenters. The molecule has 0 unspecified atom stereocenters. The number of hydrogen-bond donors (Lipinski definition) is 2. The molecule has 0 spiro atoms. The van der Waals surface area contributed by atoms with E-state index in [0.29, 0.717) is 0 Å². The minimum atomic E-state index is -1.83. The molecule has 0 fully saturated rings. The van der Waals surface area contributed by atoms with Crippen LogP contribution in [-0.2, 0) is 0 Å². The molecule has 0 bridgehead atoms. The van der Waals surface area contributed by atoms with Gasteiger partial charge in [0.1, 0.15) is 0 Å². The maximum Gasteiger partial charge on any atom is 0.503 e. The van der Waals surface area contributed by atoms with Crippen LogP contribution in [-0.4, -0.2) is 16.4 Å². The molecular formula is C11H8Cl2O3. The van der Waals surface area contributed by atoms with Crippen LogP contribution in [0.3, 0.4) is 0 Å². The minimum Gasteiger partial charge on any atom is -0.450 e. The van der Waals surface area contributed by atoms with Gasteiger partial charge in [-0.3, -0.25) is 0 Å².